The quantitative estimate of drug-likeness (QED) is 0.548. The Labute approximate surface area is 122 Å². The van der Waals surface area contributed by atoms with Crippen LogP contribution in [0.25, 0.3) is 0 Å². The van der Waals surface area contributed by atoms with E-state index in [1.54, 1.807) is 30.3 Å². The first kappa shape index (κ1) is 15.9. The Morgan fingerprint density at radius 1 is 1.43 bits per heavy atom. The van der Waals surface area contributed by atoms with Crippen LogP contribution >= 0.6 is 0 Å². The maximum atomic E-state index is 12.1. The molecule has 0 aliphatic carbocycles. The predicted molar refractivity (Wildman–Crippen MR) is 72.5 cm³/mol. The third kappa shape index (κ3) is 3.39. The highest BCUT2D eigenvalue weighted by Crippen LogP contribution is 2.25. The summed E-state index contributed by atoms with van der Waals surface area (Å²) in [5.41, 5.74) is 0.436. The van der Waals surface area contributed by atoms with Gasteiger partial charge in [0.2, 0.25) is 0 Å². The third-order valence-corrected chi connectivity index (χ3v) is 3.45. The summed E-state index contributed by atoms with van der Waals surface area (Å²) in [4.78, 5) is 12.1. The zero-order chi connectivity index (χ0) is 15.4. The molecule has 0 bridgehead atoms. The van der Waals surface area contributed by atoms with Gasteiger partial charge in [0.25, 0.3) is 5.91 Å². The van der Waals surface area contributed by atoms with Crippen LogP contribution in [0.5, 0.6) is 0 Å². The smallest absolute Gasteiger partial charge is 0.251 e. The van der Waals surface area contributed by atoms with Crippen LogP contribution in [0.1, 0.15) is 10.4 Å². The van der Waals surface area contributed by atoms with Crippen molar-refractivity contribution in [1.82, 2.24) is 5.32 Å². The van der Waals surface area contributed by atoms with Crippen molar-refractivity contribution in [3.8, 4) is 0 Å². The van der Waals surface area contributed by atoms with Gasteiger partial charge in [-0.2, -0.15) is 0 Å². The van der Waals surface area contributed by atoms with Crippen LogP contribution in [0.2, 0.25) is 0 Å². The molecule has 1 aliphatic heterocycles. The van der Waals surface area contributed by atoms with E-state index in [9.17, 15) is 15.0 Å². The van der Waals surface area contributed by atoms with E-state index < -0.39 is 37.3 Å². The van der Waals surface area contributed by atoms with Gasteiger partial charge < -0.3 is 30.1 Å². The minimum Gasteiger partial charge on any atom is -0.394 e. The molecule has 4 N–H and O–H groups in total. The summed E-state index contributed by atoms with van der Waals surface area (Å²) in [6.45, 7) is -0.531. The summed E-state index contributed by atoms with van der Waals surface area (Å²) < 4.78 is 10.4. The minimum atomic E-state index is -1.33. The molecule has 1 amide bonds. The Hall–Kier alpha value is -1.51. The van der Waals surface area contributed by atoms with Gasteiger partial charge >= 0.3 is 0 Å². The number of amides is 1. The highest BCUT2D eigenvalue weighted by atomic mass is 16.6. The van der Waals surface area contributed by atoms with Gasteiger partial charge in [-0.3, -0.25) is 4.79 Å². The monoisotopic (exact) mass is 297 g/mol. The van der Waals surface area contributed by atoms with Gasteiger partial charge in [-0.15, -0.1) is 0 Å². The number of hydrogen-bond donors (Lipinski definition) is 4. The van der Waals surface area contributed by atoms with E-state index in [4.69, 9.17) is 14.6 Å². The molecule has 1 saturated heterocycles. The summed E-state index contributed by atoms with van der Waals surface area (Å²) in [6.07, 6.45) is -4.22. The van der Waals surface area contributed by atoms with E-state index in [1.807, 2.05) is 0 Å². The molecular weight excluding hydrogens is 278 g/mol. The van der Waals surface area contributed by atoms with Crippen LogP contribution in [0.4, 0.5) is 0 Å². The Morgan fingerprint density at radius 2 is 2.10 bits per heavy atom. The minimum absolute atomic E-state index is 0.385. The number of carbonyl (C=O) groups excluding carboxylic acids is 1. The van der Waals surface area contributed by atoms with Crippen molar-refractivity contribution in [1.29, 1.82) is 0 Å². The molecule has 1 aromatic carbocycles. The number of ether oxygens (including phenoxy) is 2. The summed E-state index contributed by atoms with van der Waals surface area (Å²) in [7, 11) is 1.38. The molecule has 5 atom stereocenters. The lowest BCUT2D eigenvalue weighted by molar-refractivity contribution is -0.141. The Morgan fingerprint density at radius 3 is 2.67 bits per heavy atom. The van der Waals surface area contributed by atoms with Crippen molar-refractivity contribution < 1.29 is 29.6 Å². The maximum absolute atomic E-state index is 12.1. The maximum Gasteiger partial charge on any atom is 0.251 e. The van der Waals surface area contributed by atoms with Crippen LogP contribution in [0, 0.1) is 0 Å². The van der Waals surface area contributed by atoms with Gasteiger partial charge in [0.05, 0.1) is 6.61 Å². The average Bonchev–Trinajstić information content (AvgIpc) is 2.83. The lowest BCUT2D eigenvalue weighted by Gasteiger charge is -2.24. The van der Waals surface area contributed by atoms with Crippen molar-refractivity contribution in [2.75, 3.05) is 13.7 Å². The number of methoxy groups -OCH3 is 1. The van der Waals surface area contributed by atoms with Crippen LogP contribution < -0.4 is 5.32 Å². The van der Waals surface area contributed by atoms with E-state index in [2.05, 4.69) is 5.32 Å². The molecule has 116 valence electrons. The standard InChI is InChI=1S/C14H19NO6/c1-20-12-10(14(19)21-11(12)9(17)7-16)15-13(18)8-5-3-2-4-6-8/h2-6,9-12,14,16-17,19H,7H2,1H3,(H,15,18)/t9-,10+,11+,12+,14+/m0/s1. The van der Waals surface area contributed by atoms with Crippen LogP contribution in [-0.2, 0) is 9.47 Å². The average molecular weight is 297 g/mol. The number of hydrogen-bond acceptors (Lipinski definition) is 6. The second-order valence-corrected chi connectivity index (χ2v) is 4.81. The molecule has 0 unspecified atom stereocenters. The number of benzene rings is 1. The molecule has 21 heavy (non-hydrogen) atoms. The first-order chi connectivity index (χ1) is 10.1. The normalized spacial score (nSPS) is 30.1. The van der Waals surface area contributed by atoms with Crippen LogP contribution in [0.3, 0.4) is 0 Å². The summed E-state index contributed by atoms with van der Waals surface area (Å²) >= 11 is 0. The van der Waals surface area contributed by atoms with E-state index in [0.717, 1.165) is 0 Å². The molecule has 0 saturated carbocycles. The topological polar surface area (TPSA) is 108 Å². The largest absolute Gasteiger partial charge is 0.394 e. The van der Waals surface area contributed by atoms with E-state index >= 15 is 0 Å². The molecule has 0 spiro atoms. The highest BCUT2D eigenvalue weighted by molar-refractivity contribution is 5.94. The Kier molecular flexibility index (Phi) is 5.27. The predicted octanol–water partition coefficient (Wildman–Crippen LogP) is -1.13. The van der Waals surface area contributed by atoms with Crippen molar-refractivity contribution in [2.24, 2.45) is 0 Å². The molecule has 1 heterocycles. The fraction of sp³-hybridized carbons (Fsp3) is 0.500. The number of aliphatic hydroxyl groups is 3. The summed E-state index contributed by atoms with van der Waals surface area (Å²) in [6, 6.07) is 7.67. The molecule has 1 fully saturated rings. The van der Waals surface area contributed by atoms with Crippen molar-refractivity contribution in [2.45, 2.75) is 30.6 Å². The molecular formula is C14H19NO6. The molecule has 0 aromatic heterocycles. The van der Waals surface area contributed by atoms with Gasteiger partial charge in [-0.25, -0.2) is 0 Å². The number of aliphatic hydroxyl groups excluding tert-OH is 3. The zero-order valence-electron chi connectivity index (χ0n) is 11.5. The fourth-order valence-corrected chi connectivity index (χ4v) is 2.36. The molecule has 0 radical (unpaired) electrons. The number of nitrogens with one attached hydrogen (secondary N) is 1. The molecule has 2 rings (SSSR count). The second-order valence-electron chi connectivity index (χ2n) is 4.81. The Balaban J connectivity index is 2.09. The first-order valence-electron chi connectivity index (χ1n) is 6.59. The van der Waals surface area contributed by atoms with Gasteiger partial charge in [-0.1, -0.05) is 18.2 Å². The van der Waals surface area contributed by atoms with Crippen LogP contribution in [-0.4, -0.2) is 65.6 Å². The van der Waals surface area contributed by atoms with E-state index in [-0.39, 0.29) is 5.91 Å². The van der Waals surface area contributed by atoms with E-state index in [1.165, 1.54) is 7.11 Å². The number of carbonyl (C=O) groups is 1. The molecule has 1 aromatic rings. The second kappa shape index (κ2) is 6.97. The lowest BCUT2D eigenvalue weighted by atomic mass is 10.0. The van der Waals surface area contributed by atoms with Gasteiger partial charge in [0, 0.05) is 12.7 Å². The SMILES string of the molecule is CO[C@@H]1[C@@H](NC(=O)c2ccccc2)[C@H](O)O[C@@H]1[C@@H](O)CO. The van der Waals surface area contributed by atoms with Gasteiger partial charge in [-0.05, 0) is 12.1 Å². The molecule has 1 aliphatic rings. The lowest BCUT2D eigenvalue weighted by Crippen LogP contribution is -2.50. The van der Waals surface area contributed by atoms with Gasteiger partial charge in [0.15, 0.2) is 6.29 Å². The molecule has 7 nitrogen and oxygen atoms in total. The summed E-state index contributed by atoms with van der Waals surface area (Å²) in [5, 5.41) is 31.2. The first-order valence-corrected chi connectivity index (χ1v) is 6.59. The zero-order valence-corrected chi connectivity index (χ0v) is 11.5. The fourth-order valence-electron chi connectivity index (χ4n) is 2.36. The third-order valence-electron chi connectivity index (χ3n) is 3.45. The van der Waals surface area contributed by atoms with E-state index in [0.29, 0.717) is 5.56 Å². The van der Waals surface area contributed by atoms with Crippen molar-refractivity contribution in [3.05, 3.63) is 35.9 Å². The molecule has 7 heteroatoms. The van der Waals surface area contributed by atoms with Crippen molar-refractivity contribution in [3.63, 3.8) is 0 Å². The van der Waals surface area contributed by atoms with Gasteiger partial charge in [0.1, 0.15) is 24.4 Å². The Bertz CT molecular complexity index is 468. The summed E-state index contributed by atoms with van der Waals surface area (Å²) in [5.74, 6) is -0.385. The number of rotatable bonds is 5. The highest BCUT2D eigenvalue weighted by Gasteiger charge is 2.47. The van der Waals surface area contributed by atoms with Crippen LogP contribution in [0.15, 0.2) is 30.3 Å². The van der Waals surface area contributed by atoms with Crippen molar-refractivity contribution >= 4 is 5.91 Å².